The summed E-state index contributed by atoms with van der Waals surface area (Å²) in [6.07, 6.45) is 6.07. The van der Waals surface area contributed by atoms with Crippen molar-refractivity contribution in [1.29, 1.82) is 0 Å². The molecule has 3 heterocycles. The molecule has 2 N–H and O–H groups in total. The predicted molar refractivity (Wildman–Crippen MR) is 122 cm³/mol. The molecular formula is C23H27N7O. The van der Waals surface area contributed by atoms with Crippen LogP contribution in [0.15, 0.2) is 55.1 Å². The first-order chi connectivity index (χ1) is 15.2. The van der Waals surface area contributed by atoms with Gasteiger partial charge in [0.05, 0.1) is 7.11 Å². The first-order valence-electron chi connectivity index (χ1n) is 10.4. The molecule has 0 spiro atoms. The van der Waals surface area contributed by atoms with Gasteiger partial charge < -0.3 is 15.4 Å². The van der Waals surface area contributed by atoms with Crippen molar-refractivity contribution in [3.63, 3.8) is 0 Å². The largest absolute Gasteiger partial charge is 0.497 e. The number of aromatic nitrogens is 5. The monoisotopic (exact) mass is 417 g/mol. The fourth-order valence-electron chi connectivity index (χ4n) is 3.45. The van der Waals surface area contributed by atoms with Gasteiger partial charge in [-0.15, -0.1) is 0 Å². The maximum Gasteiger partial charge on any atom is 0.205 e. The highest BCUT2D eigenvalue weighted by Crippen LogP contribution is 2.26. The lowest BCUT2D eigenvalue weighted by molar-refractivity contribution is 0.414. The van der Waals surface area contributed by atoms with E-state index in [1.54, 1.807) is 19.6 Å². The van der Waals surface area contributed by atoms with Crippen molar-refractivity contribution in [3.05, 3.63) is 66.2 Å². The molecule has 0 saturated carbocycles. The number of rotatable bonds is 9. The van der Waals surface area contributed by atoms with Gasteiger partial charge in [0.25, 0.3) is 0 Å². The minimum atomic E-state index is 0.198. The molecular weight excluding hydrogens is 390 g/mol. The van der Waals surface area contributed by atoms with E-state index in [0.717, 1.165) is 47.2 Å². The second-order valence-corrected chi connectivity index (χ2v) is 7.53. The summed E-state index contributed by atoms with van der Waals surface area (Å²) in [7, 11) is 1.67. The molecule has 4 aromatic rings. The fourth-order valence-corrected chi connectivity index (χ4v) is 3.45. The summed E-state index contributed by atoms with van der Waals surface area (Å²) < 4.78 is 7.32. The SMILES string of the molecule is COc1ccc(CCNc2ncnc3c2nc(NCc2cccnc2)n3C(C)C)cc1. The van der Waals surface area contributed by atoms with Crippen LogP contribution in [-0.2, 0) is 13.0 Å². The Balaban J connectivity index is 1.52. The van der Waals surface area contributed by atoms with Crippen LogP contribution in [0, 0.1) is 0 Å². The molecule has 0 aliphatic rings. The van der Waals surface area contributed by atoms with Gasteiger partial charge in [-0.3, -0.25) is 9.55 Å². The minimum Gasteiger partial charge on any atom is -0.497 e. The van der Waals surface area contributed by atoms with Crippen LogP contribution >= 0.6 is 0 Å². The third kappa shape index (κ3) is 4.74. The van der Waals surface area contributed by atoms with E-state index < -0.39 is 0 Å². The van der Waals surface area contributed by atoms with Gasteiger partial charge in [-0.1, -0.05) is 18.2 Å². The van der Waals surface area contributed by atoms with Gasteiger partial charge in [0, 0.05) is 31.5 Å². The number of pyridine rings is 1. The lowest BCUT2D eigenvalue weighted by Gasteiger charge is -2.13. The molecule has 1 aromatic carbocycles. The number of nitrogens with zero attached hydrogens (tertiary/aromatic N) is 5. The van der Waals surface area contributed by atoms with Gasteiger partial charge >= 0.3 is 0 Å². The van der Waals surface area contributed by atoms with Crippen LogP contribution in [0.25, 0.3) is 11.2 Å². The Labute approximate surface area is 181 Å². The average molecular weight is 418 g/mol. The summed E-state index contributed by atoms with van der Waals surface area (Å²) in [6.45, 7) is 5.62. The number of methoxy groups -OCH3 is 1. The van der Waals surface area contributed by atoms with Crippen molar-refractivity contribution >= 4 is 22.9 Å². The number of fused-ring (bicyclic) bond motifs is 1. The first-order valence-corrected chi connectivity index (χ1v) is 10.4. The van der Waals surface area contributed by atoms with Crippen molar-refractivity contribution < 1.29 is 4.74 Å². The van der Waals surface area contributed by atoms with Crippen LogP contribution in [0.1, 0.15) is 31.0 Å². The molecule has 0 fully saturated rings. The van der Waals surface area contributed by atoms with Gasteiger partial charge in [0.1, 0.15) is 12.1 Å². The Kier molecular flexibility index (Phi) is 6.26. The van der Waals surface area contributed by atoms with Crippen LogP contribution in [0.5, 0.6) is 5.75 Å². The maximum absolute atomic E-state index is 5.22. The van der Waals surface area contributed by atoms with E-state index in [2.05, 4.69) is 56.1 Å². The molecule has 0 radical (unpaired) electrons. The van der Waals surface area contributed by atoms with Crippen molar-refractivity contribution in [2.75, 3.05) is 24.3 Å². The molecule has 0 bridgehead atoms. The highest BCUT2D eigenvalue weighted by Gasteiger charge is 2.17. The molecule has 0 amide bonds. The Morgan fingerprint density at radius 3 is 2.58 bits per heavy atom. The van der Waals surface area contributed by atoms with Crippen molar-refractivity contribution in [3.8, 4) is 5.75 Å². The molecule has 0 aliphatic heterocycles. The Morgan fingerprint density at radius 1 is 1.03 bits per heavy atom. The quantitative estimate of drug-likeness (QED) is 0.424. The summed E-state index contributed by atoms with van der Waals surface area (Å²) in [5.41, 5.74) is 3.89. The zero-order valence-electron chi connectivity index (χ0n) is 18.0. The summed E-state index contributed by atoms with van der Waals surface area (Å²) in [5, 5.41) is 6.85. The number of nitrogens with one attached hydrogen (secondary N) is 2. The number of imidazole rings is 1. The van der Waals surface area contributed by atoms with E-state index in [-0.39, 0.29) is 6.04 Å². The smallest absolute Gasteiger partial charge is 0.205 e. The second kappa shape index (κ2) is 9.42. The second-order valence-electron chi connectivity index (χ2n) is 7.53. The molecule has 0 atom stereocenters. The fraction of sp³-hybridized carbons (Fsp3) is 0.304. The maximum atomic E-state index is 5.22. The highest BCUT2D eigenvalue weighted by molar-refractivity contribution is 5.85. The van der Waals surface area contributed by atoms with Crippen LogP contribution in [-0.4, -0.2) is 38.2 Å². The number of hydrogen-bond acceptors (Lipinski definition) is 7. The molecule has 8 nitrogen and oxygen atoms in total. The van der Waals surface area contributed by atoms with E-state index in [4.69, 9.17) is 9.72 Å². The van der Waals surface area contributed by atoms with E-state index in [0.29, 0.717) is 6.54 Å². The zero-order valence-corrected chi connectivity index (χ0v) is 18.0. The highest BCUT2D eigenvalue weighted by atomic mass is 16.5. The summed E-state index contributed by atoms with van der Waals surface area (Å²) in [6, 6.07) is 12.3. The van der Waals surface area contributed by atoms with Crippen molar-refractivity contribution in [2.45, 2.75) is 32.9 Å². The topological polar surface area (TPSA) is 89.8 Å². The van der Waals surface area contributed by atoms with Crippen LogP contribution in [0.3, 0.4) is 0 Å². The molecule has 0 unspecified atom stereocenters. The lowest BCUT2D eigenvalue weighted by Crippen LogP contribution is -2.10. The third-order valence-corrected chi connectivity index (χ3v) is 5.03. The third-order valence-electron chi connectivity index (χ3n) is 5.03. The predicted octanol–water partition coefficient (Wildman–Crippen LogP) is 4.08. The lowest BCUT2D eigenvalue weighted by atomic mass is 10.1. The van der Waals surface area contributed by atoms with E-state index in [1.165, 1.54) is 5.56 Å². The Bertz CT molecular complexity index is 1120. The summed E-state index contributed by atoms with van der Waals surface area (Å²) in [4.78, 5) is 17.9. The molecule has 31 heavy (non-hydrogen) atoms. The molecule has 3 aromatic heterocycles. The zero-order chi connectivity index (χ0) is 21.6. The van der Waals surface area contributed by atoms with Gasteiger partial charge in [-0.2, -0.15) is 0 Å². The molecule has 0 saturated heterocycles. The van der Waals surface area contributed by atoms with Crippen LogP contribution < -0.4 is 15.4 Å². The molecule has 4 rings (SSSR count). The average Bonchev–Trinajstić information content (AvgIpc) is 3.18. The first kappa shape index (κ1) is 20.6. The number of anilines is 2. The standard InChI is InChI=1S/C23H27N7O/c1-16(2)30-22-20(29-23(30)26-14-18-5-4-11-24-13-18)21(27-15-28-22)25-12-10-17-6-8-19(31-3)9-7-17/h4-9,11,13,15-16H,10,12,14H2,1-3H3,(H,26,29)(H,25,27,28). The Hall–Kier alpha value is -3.68. The molecule has 160 valence electrons. The van der Waals surface area contributed by atoms with Gasteiger partial charge in [-0.25, -0.2) is 15.0 Å². The van der Waals surface area contributed by atoms with E-state index in [1.807, 2.05) is 30.5 Å². The summed E-state index contributed by atoms with van der Waals surface area (Å²) >= 11 is 0. The number of benzene rings is 1. The van der Waals surface area contributed by atoms with E-state index >= 15 is 0 Å². The molecule has 8 heteroatoms. The Morgan fingerprint density at radius 2 is 1.87 bits per heavy atom. The van der Waals surface area contributed by atoms with Crippen molar-refractivity contribution in [2.24, 2.45) is 0 Å². The van der Waals surface area contributed by atoms with Gasteiger partial charge in [0.2, 0.25) is 5.95 Å². The van der Waals surface area contributed by atoms with Gasteiger partial charge in [-0.05, 0) is 49.6 Å². The number of hydrogen-bond donors (Lipinski definition) is 2. The van der Waals surface area contributed by atoms with E-state index in [9.17, 15) is 0 Å². The number of ether oxygens (including phenoxy) is 1. The molecule has 0 aliphatic carbocycles. The van der Waals surface area contributed by atoms with Crippen molar-refractivity contribution in [1.82, 2.24) is 24.5 Å². The van der Waals surface area contributed by atoms with Crippen LogP contribution in [0.2, 0.25) is 0 Å². The summed E-state index contributed by atoms with van der Waals surface area (Å²) in [5.74, 6) is 2.37. The van der Waals surface area contributed by atoms with Crippen LogP contribution in [0.4, 0.5) is 11.8 Å². The normalized spacial score (nSPS) is 11.1. The van der Waals surface area contributed by atoms with Gasteiger partial charge in [0.15, 0.2) is 17.0 Å². The minimum absolute atomic E-state index is 0.198.